The number of aromatic nitrogens is 3. The Balaban J connectivity index is 1.27. The third-order valence-electron chi connectivity index (χ3n) is 9.27. The molecular formula is C34H32F3N7O. The fraction of sp³-hybridized carbons (Fsp3) is 0.353. The van der Waals surface area contributed by atoms with Gasteiger partial charge < -0.3 is 14.8 Å². The van der Waals surface area contributed by atoms with Crippen LogP contribution in [0.4, 0.5) is 24.5 Å². The summed E-state index contributed by atoms with van der Waals surface area (Å²) in [6.07, 6.45) is 0.725. The number of amides is 1. The number of nitrogens with one attached hydrogen (secondary N) is 1. The summed E-state index contributed by atoms with van der Waals surface area (Å²) in [4.78, 5) is 17.6. The number of hydrogen-bond donors (Lipinski definition) is 1. The summed E-state index contributed by atoms with van der Waals surface area (Å²) in [7, 11) is 1.84. The van der Waals surface area contributed by atoms with Crippen LogP contribution in [-0.4, -0.2) is 45.2 Å². The van der Waals surface area contributed by atoms with Crippen molar-refractivity contribution in [3.8, 4) is 28.6 Å². The molecule has 0 unspecified atom stereocenters. The van der Waals surface area contributed by atoms with Crippen molar-refractivity contribution in [3.63, 3.8) is 0 Å². The Hall–Kier alpha value is -4.69. The SMILES string of the molecule is Cn1cnnc1-c1ccccc1-c1cc(NCCC#N)cc(N2Cc3c(cc(CN4CCC5(CC5)C4)cc3C(F)(F)F)C2=O)c1. The zero-order valence-corrected chi connectivity index (χ0v) is 24.9. The van der Waals surface area contributed by atoms with Gasteiger partial charge in [-0.3, -0.25) is 9.69 Å². The Bertz CT molecular complexity index is 1840. The van der Waals surface area contributed by atoms with E-state index in [2.05, 4.69) is 26.5 Å². The van der Waals surface area contributed by atoms with E-state index in [1.54, 1.807) is 23.0 Å². The molecule has 1 saturated heterocycles. The van der Waals surface area contributed by atoms with Crippen LogP contribution in [-0.2, 0) is 26.3 Å². The van der Waals surface area contributed by atoms with Crippen molar-refractivity contribution in [2.24, 2.45) is 12.5 Å². The number of rotatable bonds is 8. The highest BCUT2D eigenvalue weighted by Crippen LogP contribution is 2.53. The summed E-state index contributed by atoms with van der Waals surface area (Å²) in [6, 6.07) is 18.1. The van der Waals surface area contributed by atoms with Crippen LogP contribution in [0.5, 0.6) is 0 Å². The first kappa shape index (κ1) is 29.0. The number of alkyl halides is 3. The number of fused-ring (bicyclic) bond motifs is 1. The largest absolute Gasteiger partial charge is 0.416 e. The summed E-state index contributed by atoms with van der Waals surface area (Å²) in [5.74, 6) is 0.187. The van der Waals surface area contributed by atoms with Gasteiger partial charge in [0, 0.05) is 49.2 Å². The van der Waals surface area contributed by atoms with Crippen molar-refractivity contribution < 1.29 is 18.0 Å². The molecule has 3 heterocycles. The van der Waals surface area contributed by atoms with Crippen molar-refractivity contribution in [1.29, 1.82) is 5.26 Å². The second-order valence-electron chi connectivity index (χ2n) is 12.4. The lowest BCUT2D eigenvalue weighted by Crippen LogP contribution is -2.23. The fourth-order valence-corrected chi connectivity index (χ4v) is 6.77. The lowest BCUT2D eigenvalue weighted by molar-refractivity contribution is -0.138. The molecular weight excluding hydrogens is 579 g/mol. The predicted molar refractivity (Wildman–Crippen MR) is 164 cm³/mol. The minimum atomic E-state index is -4.60. The van der Waals surface area contributed by atoms with Crippen molar-refractivity contribution in [2.75, 3.05) is 29.9 Å². The number of halogens is 3. The van der Waals surface area contributed by atoms with E-state index in [1.807, 2.05) is 43.4 Å². The normalized spacial score (nSPS) is 17.1. The van der Waals surface area contributed by atoms with Crippen LogP contribution >= 0.6 is 0 Å². The van der Waals surface area contributed by atoms with E-state index in [9.17, 15) is 18.0 Å². The molecule has 11 heteroatoms. The van der Waals surface area contributed by atoms with E-state index < -0.39 is 17.6 Å². The van der Waals surface area contributed by atoms with Crippen LogP contribution < -0.4 is 10.2 Å². The quantitative estimate of drug-likeness (QED) is 0.225. The topological polar surface area (TPSA) is 90.1 Å². The van der Waals surface area contributed by atoms with Gasteiger partial charge in [-0.05, 0) is 83.8 Å². The van der Waals surface area contributed by atoms with E-state index in [0.29, 0.717) is 41.3 Å². The summed E-state index contributed by atoms with van der Waals surface area (Å²) >= 11 is 0. The van der Waals surface area contributed by atoms with Crippen LogP contribution in [0, 0.1) is 16.7 Å². The number of carbonyl (C=O) groups is 1. The summed E-state index contributed by atoms with van der Waals surface area (Å²) < 4.78 is 45.2. The molecule has 4 aromatic rings. The minimum absolute atomic E-state index is 0.000197. The van der Waals surface area contributed by atoms with Crippen molar-refractivity contribution in [2.45, 2.75) is 44.9 Å². The molecule has 45 heavy (non-hydrogen) atoms. The molecule has 0 atom stereocenters. The van der Waals surface area contributed by atoms with Gasteiger partial charge in [0.05, 0.1) is 24.6 Å². The maximum atomic E-state index is 14.5. The maximum Gasteiger partial charge on any atom is 0.416 e. The van der Waals surface area contributed by atoms with E-state index in [4.69, 9.17) is 5.26 Å². The van der Waals surface area contributed by atoms with E-state index >= 15 is 0 Å². The van der Waals surface area contributed by atoms with Crippen molar-refractivity contribution in [3.05, 3.63) is 83.2 Å². The van der Waals surface area contributed by atoms with Gasteiger partial charge in [-0.1, -0.05) is 24.3 Å². The smallest absolute Gasteiger partial charge is 0.384 e. The molecule has 3 aromatic carbocycles. The van der Waals surface area contributed by atoms with Gasteiger partial charge in [-0.2, -0.15) is 18.4 Å². The predicted octanol–water partition coefficient (Wildman–Crippen LogP) is 6.64. The lowest BCUT2D eigenvalue weighted by Gasteiger charge is -2.20. The van der Waals surface area contributed by atoms with Crippen LogP contribution in [0.15, 0.2) is 60.9 Å². The number of nitrogens with zero attached hydrogens (tertiary/aromatic N) is 6. The first-order valence-electron chi connectivity index (χ1n) is 15.1. The van der Waals surface area contributed by atoms with E-state index in [1.165, 1.54) is 23.8 Å². The van der Waals surface area contributed by atoms with Crippen LogP contribution in [0.2, 0.25) is 0 Å². The Kier molecular flexibility index (Phi) is 7.12. The molecule has 8 nitrogen and oxygen atoms in total. The number of carbonyl (C=O) groups excluding carboxylic acids is 1. The number of benzene rings is 3. The molecule has 2 aliphatic heterocycles. The summed E-state index contributed by atoms with van der Waals surface area (Å²) in [6.45, 7) is 2.34. The average molecular weight is 612 g/mol. The number of nitriles is 1. The molecule has 1 spiro atoms. The highest BCUT2D eigenvalue weighted by Gasteiger charge is 2.47. The standard InChI is InChI=1S/C34H32F3N7O/c1-42-21-40-41-31(42)27-6-3-2-5-26(27)23-15-24(39-11-4-10-38)17-25(16-23)44-19-29-28(32(44)45)13-22(14-30(29)34(35,36)37)18-43-12-9-33(20-43)7-8-33/h2-3,5-6,13-17,21,39H,4,7-9,11-12,18-20H2,1H3. The number of hydrogen-bond acceptors (Lipinski definition) is 6. The van der Waals surface area contributed by atoms with Crippen molar-refractivity contribution in [1.82, 2.24) is 19.7 Å². The monoisotopic (exact) mass is 611 g/mol. The zero-order valence-electron chi connectivity index (χ0n) is 24.9. The Morgan fingerprint density at radius 1 is 1.04 bits per heavy atom. The highest BCUT2D eigenvalue weighted by atomic mass is 19.4. The van der Waals surface area contributed by atoms with Gasteiger partial charge in [-0.15, -0.1) is 10.2 Å². The average Bonchev–Trinajstić information content (AvgIpc) is 3.28. The molecule has 1 amide bonds. The zero-order chi connectivity index (χ0) is 31.3. The van der Waals surface area contributed by atoms with Gasteiger partial charge in [0.25, 0.3) is 5.91 Å². The molecule has 0 radical (unpaired) electrons. The van der Waals surface area contributed by atoms with Gasteiger partial charge in [0.15, 0.2) is 5.82 Å². The van der Waals surface area contributed by atoms with E-state index in [-0.39, 0.29) is 24.1 Å². The number of likely N-dealkylation sites (tertiary alicyclic amines) is 1. The first-order chi connectivity index (χ1) is 21.6. The van der Waals surface area contributed by atoms with Gasteiger partial charge in [0.2, 0.25) is 0 Å². The third-order valence-corrected chi connectivity index (χ3v) is 9.27. The minimum Gasteiger partial charge on any atom is -0.384 e. The molecule has 3 aliphatic rings. The highest BCUT2D eigenvalue weighted by molar-refractivity contribution is 6.11. The summed E-state index contributed by atoms with van der Waals surface area (Å²) in [5, 5.41) is 20.6. The van der Waals surface area contributed by atoms with Crippen molar-refractivity contribution >= 4 is 17.3 Å². The van der Waals surface area contributed by atoms with Gasteiger partial charge in [0.1, 0.15) is 6.33 Å². The Morgan fingerprint density at radius 3 is 2.53 bits per heavy atom. The molecule has 2 fully saturated rings. The van der Waals surface area contributed by atoms with Crippen LogP contribution in [0.1, 0.15) is 52.7 Å². The summed E-state index contributed by atoms with van der Waals surface area (Å²) in [5.41, 5.74) is 3.71. The molecule has 1 aromatic heterocycles. The molecule has 0 bridgehead atoms. The maximum absolute atomic E-state index is 14.5. The van der Waals surface area contributed by atoms with Crippen LogP contribution in [0.3, 0.4) is 0 Å². The second kappa shape index (κ2) is 11.0. The second-order valence-corrected chi connectivity index (χ2v) is 12.4. The lowest BCUT2D eigenvalue weighted by atomic mass is 9.97. The van der Waals surface area contributed by atoms with Crippen LogP contribution in [0.25, 0.3) is 22.5 Å². The molecule has 1 aliphatic carbocycles. The first-order valence-corrected chi connectivity index (χ1v) is 15.1. The number of aryl methyl sites for hydroxylation is 1. The molecule has 7 rings (SSSR count). The van der Waals surface area contributed by atoms with E-state index in [0.717, 1.165) is 36.2 Å². The molecule has 1 saturated carbocycles. The Morgan fingerprint density at radius 2 is 1.84 bits per heavy atom. The molecule has 230 valence electrons. The fourth-order valence-electron chi connectivity index (χ4n) is 6.77. The third kappa shape index (κ3) is 5.55. The van der Waals surface area contributed by atoms with Gasteiger partial charge in [-0.25, -0.2) is 0 Å². The molecule has 1 N–H and O–H groups in total. The Labute approximate surface area is 259 Å². The number of anilines is 2. The van der Waals surface area contributed by atoms with Gasteiger partial charge >= 0.3 is 6.18 Å².